The lowest BCUT2D eigenvalue weighted by molar-refractivity contribution is -0.141. The van der Waals surface area contributed by atoms with Crippen LogP contribution in [0.2, 0.25) is 0 Å². The van der Waals surface area contributed by atoms with Gasteiger partial charge in [0.15, 0.2) is 0 Å². The van der Waals surface area contributed by atoms with E-state index in [1.54, 1.807) is 9.80 Å². The molecule has 1 aliphatic heterocycles. The summed E-state index contributed by atoms with van der Waals surface area (Å²) in [5.74, 6) is -10.7. The minimum absolute atomic E-state index is 0.00236. The van der Waals surface area contributed by atoms with Crippen LogP contribution in [0.15, 0.2) is 54.6 Å². The summed E-state index contributed by atoms with van der Waals surface area (Å²) in [6.07, 6.45) is 1.17. The van der Waals surface area contributed by atoms with Crippen molar-refractivity contribution in [3.8, 4) is 0 Å². The Morgan fingerprint density at radius 3 is 1.49 bits per heavy atom. The van der Waals surface area contributed by atoms with Crippen LogP contribution in [-0.2, 0) is 54.4 Å². The van der Waals surface area contributed by atoms with Gasteiger partial charge in [0, 0.05) is 89.2 Å². The average Bonchev–Trinajstić information content (AvgIpc) is 3.48. The number of hydrogen-bond acceptors (Lipinski definition) is 16. The second-order valence-electron chi connectivity index (χ2n) is 20.8. The van der Waals surface area contributed by atoms with E-state index < -0.39 is 89.5 Å². The lowest BCUT2D eigenvalue weighted by atomic mass is 9.81. The number of hydrogen-bond donors (Lipinski definition) is 11. The summed E-state index contributed by atoms with van der Waals surface area (Å²) in [5.41, 5.74) is 0.721. The number of aliphatic carboxylic acids is 6. The van der Waals surface area contributed by atoms with Crippen molar-refractivity contribution in [2.24, 2.45) is 11.8 Å². The fourth-order valence-corrected chi connectivity index (χ4v) is 11.1. The van der Waals surface area contributed by atoms with Gasteiger partial charge in [-0.05, 0) is 84.5 Å². The average molecular weight is 1170 g/mol. The van der Waals surface area contributed by atoms with Crippen molar-refractivity contribution in [3.05, 3.63) is 60.2 Å². The lowest BCUT2D eigenvalue weighted by Crippen LogP contribution is -2.54. The first kappa shape index (κ1) is 65.4. The molecule has 5 rings (SSSR count). The van der Waals surface area contributed by atoms with Gasteiger partial charge in [0.05, 0.1) is 26.2 Å². The molecule has 2 fully saturated rings. The van der Waals surface area contributed by atoms with Gasteiger partial charge in [-0.25, -0.2) is 19.2 Å². The molecule has 1 saturated carbocycles. The van der Waals surface area contributed by atoms with E-state index in [0.717, 1.165) is 38.9 Å². The Kier molecular flexibility index (Phi) is 26.2. The van der Waals surface area contributed by atoms with Gasteiger partial charge in [0.25, 0.3) is 0 Å². The Morgan fingerprint density at radius 1 is 0.549 bits per heavy atom. The number of Topliss-reactive ketones (excluding diaryl/α,β-unsaturated/α-hetero) is 1. The maximum atomic E-state index is 14.4. The first-order valence-electron chi connectivity index (χ1n) is 27.2. The number of thioether (sulfide) groups is 1. The van der Waals surface area contributed by atoms with Gasteiger partial charge in [0.1, 0.15) is 30.0 Å². The van der Waals surface area contributed by atoms with Crippen LogP contribution in [0.25, 0.3) is 21.5 Å². The molecule has 0 spiro atoms. The predicted molar refractivity (Wildman–Crippen MR) is 300 cm³/mol. The number of carboxylic acids is 6. The number of urea groups is 1. The van der Waals surface area contributed by atoms with Gasteiger partial charge in [-0.3, -0.25) is 53.2 Å². The molecular formula is C55H75N9O17S. The van der Waals surface area contributed by atoms with Crippen molar-refractivity contribution in [2.75, 3.05) is 96.6 Å². The van der Waals surface area contributed by atoms with E-state index in [9.17, 15) is 78.3 Å². The van der Waals surface area contributed by atoms with Gasteiger partial charge < -0.3 is 57.2 Å². The lowest BCUT2D eigenvalue weighted by Gasteiger charge is -2.33. The second kappa shape index (κ2) is 32.8. The van der Waals surface area contributed by atoms with Gasteiger partial charge >= 0.3 is 41.8 Å². The van der Waals surface area contributed by atoms with Crippen molar-refractivity contribution in [2.45, 2.75) is 82.5 Å². The Morgan fingerprint density at radius 2 is 1.01 bits per heavy atom. The molecule has 0 radical (unpaired) electrons. The molecule has 3 aromatic rings. The fourth-order valence-electron chi connectivity index (χ4n) is 10.1. The Balaban J connectivity index is 1.23. The summed E-state index contributed by atoms with van der Waals surface area (Å²) in [6.45, 7) is 4.08. The van der Waals surface area contributed by atoms with Gasteiger partial charge in [-0.15, -0.1) is 0 Å². The zero-order chi connectivity index (χ0) is 59.9. The van der Waals surface area contributed by atoms with E-state index in [2.05, 4.69) is 26.6 Å². The maximum Gasteiger partial charge on any atom is 0.327 e. The highest BCUT2D eigenvalue weighted by Gasteiger charge is 2.34. The van der Waals surface area contributed by atoms with Crippen LogP contribution in [0.1, 0.15) is 57.4 Å². The number of fused-ring (bicyclic) bond motifs is 2. The van der Waals surface area contributed by atoms with Crippen molar-refractivity contribution >= 4 is 98.7 Å². The smallest absolute Gasteiger partial charge is 0.327 e. The number of carbonyl (C=O) groups is 11. The second-order valence-corrected chi connectivity index (χ2v) is 21.9. The van der Waals surface area contributed by atoms with Crippen LogP contribution in [0.4, 0.5) is 4.79 Å². The SMILES string of the molecule is CC(=O)CN1CCN(CC(=O)O)CCN(CC(=O)O)CCN(CC(=O)NC[C@H]2CC[C@H](C(=O)N[C@@H](Cc3c4ccccc4cc4ccccc34)C(=O)N[C@@H](CSC[C@H](NC(=O)N[C@@H](CCCC(=O)O)C(=O)O)C(=O)O)C(=O)O)CC2)CC1. The molecule has 0 unspecified atom stereocenters. The first-order valence-corrected chi connectivity index (χ1v) is 28.3. The van der Waals surface area contributed by atoms with Gasteiger partial charge in [-0.1, -0.05) is 48.5 Å². The van der Waals surface area contributed by atoms with Crippen LogP contribution < -0.4 is 26.6 Å². The van der Waals surface area contributed by atoms with Gasteiger partial charge in [0.2, 0.25) is 17.7 Å². The van der Waals surface area contributed by atoms with Crippen LogP contribution in [0.3, 0.4) is 0 Å². The molecule has 1 saturated heterocycles. The Bertz CT molecular complexity index is 2680. The summed E-state index contributed by atoms with van der Waals surface area (Å²) in [4.78, 5) is 145. The molecule has 82 heavy (non-hydrogen) atoms. The standard InChI is InChI=1S/C55H75N9O17S/c1-34(65)28-61-17-19-62(20-22-64(31-49(71)72)24-23-63(21-18-61)30-48(69)70)29-46(66)56-27-35-13-15-36(16-14-35)50(73)57-43(26-41-39-9-4-2-7-37(39)25-38-8-3-5-10-40(38)41)51(74)58-44(53(77)78)32-82-33-45(54(79)80)60-55(81)59-42(52(75)76)11-6-12-47(67)68/h2-5,7-10,25,35-36,42-45H,6,11-24,26-33H2,1H3,(H,56,66)(H,57,73)(H,58,74)(H,67,68)(H,69,70)(H,71,72)(H,75,76)(H,77,78)(H,79,80)(H2,59,60,81)/t35-,36-,42-,43-,44-,45-/m0/s1. The monoisotopic (exact) mass is 1170 g/mol. The van der Waals surface area contributed by atoms with E-state index in [4.69, 9.17) is 5.11 Å². The number of ketones is 1. The van der Waals surface area contributed by atoms with Gasteiger partial charge in [-0.2, -0.15) is 11.8 Å². The first-order chi connectivity index (χ1) is 39.0. The van der Waals surface area contributed by atoms with E-state index >= 15 is 0 Å². The molecule has 2 aliphatic rings. The number of amides is 5. The number of carbonyl (C=O) groups excluding carboxylic acids is 5. The van der Waals surface area contributed by atoms with E-state index in [1.165, 1.54) is 6.92 Å². The molecule has 448 valence electrons. The van der Waals surface area contributed by atoms with Crippen molar-refractivity contribution < 1.29 is 83.4 Å². The molecule has 3 aromatic carbocycles. The van der Waals surface area contributed by atoms with Crippen LogP contribution in [-0.4, -0.2) is 236 Å². The summed E-state index contributed by atoms with van der Waals surface area (Å²) in [7, 11) is 0. The largest absolute Gasteiger partial charge is 0.481 e. The number of rotatable bonds is 29. The minimum Gasteiger partial charge on any atom is -0.481 e. The minimum atomic E-state index is -1.64. The molecular weight excluding hydrogens is 1090 g/mol. The third-order valence-electron chi connectivity index (χ3n) is 14.5. The maximum absolute atomic E-state index is 14.4. The predicted octanol–water partition coefficient (Wildman–Crippen LogP) is 0.686. The summed E-state index contributed by atoms with van der Waals surface area (Å²) < 4.78 is 0. The molecule has 26 nitrogen and oxygen atoms in total. The van der Waals surface area contributed by atoms with Crippen molar-refractivity contribution in [1.82, 2.24) is 46.2 Å². The number of benzene rings is 3. The quantitative estimate of drug-likeness (QED) is 0.0426. The van der Waals surface area contributed by atoms with Crippen molar-refractivity contribution in [3.63, 3.8) is 0 Å². The molecule has 11 N–H and O–H groups in total. The fraction of sp³-hybridized carbons (Fsp3) is 0.545. The molecule has 1 aliphatic carbocycles. The third kappa shape index (κ3) is 22.1. The summed E-state index contributed by atoms with van der Waals surface area (Å²) in [6, 6.07) is 9.77. The molecule has 27 heteroatoms. The van der Waals surface area contributed by atoms with E-state index in [-0.39, 0.29) is 88.3 Å². The molecule has 1 heterocycles. The number of nitrogens with zero attached hydrogens (tertiary/aromatic N) is 4. The van der Waals surface area contributed by atoms with Crippen molar-refractivity contribution in [1.29, 1.82) is 0 Å². The summed E-state index contributed by atoms with van der Waals surface area (Å²) in [5, 5.41) is 73.7. The van der Waals surface area contributed by atoms with Crippen LogP contribution >= 0.6 is 11.8 Å². The Hall–Kier alpha value is -7.46. The molecule has 4 atom stereocenters. The third-order valence-corrected chi connectivity index (χ3v) is 15.6. The highest BCUT2D eigenvalue weighted by atomic mass is 32.2. The Labute approximate surface area is 477 Å². The highest BCUT2D eigenvalue weighted by molar-refractivity contribution is 7.99. The zero-order valence-corrected chi connectivity index (χ0v) is 46.6. The zero-order valence-electron chi connectivity index (χ0n) is 45.8. The normalized spacial score (nSPS) is 18.5. The topological polar surface area (TPSA) is 382 Å². The van der Waals surface area contributed by atoms with E-state index in [1.807, 2.05) is 64.4 Å². The molecule has 0 aromatic heterocycles. The summed E-state index contributed by atoms with van der Waals surface area (Å²) >= 11 is 0.769. The van der Waals surface area contributed by atoms with Crippen LogP contribution in [0, 0.1) is 11.8 Å². The number of carboxylic acid groups (broad SMARTS) is 6. The van der Waals surface area contributed by atoms with E-state index in [0.29, 0.717) is 71.5 Å². The van der Waals surface area contributed by atoms with Crippen LogP contribution in [0.5, 0.6) is 0 Å². The highest BCUT2D eigenvalue weighted by Crippen LogP contribution is 2.31. The molecule has 0 bridgehead atoms. The molecule has 5 amide bonds. The number of nitrogens with one attached hydrogen (secondary N) is 5.